The lowest BCUT2D eigenvalue weighted by Crippen LogP contribution is -2.41. The molecule has 0 radical (unpaired) electrons. The third-order valence-electron chi connectivity index (χ3n) is 3.70. The van der Waals surface area contributed by atoms with Gasteiger partial charge in [-0.15, -0.1) is 11.6 Å². The zero-order valence-electron chi connectivity index (χ0n) is 11.7. The molecule has 0 bridgehead atoms. The Kier molecular flexibility index (Phi) is 5.24. The SMILES string of the molecule is CCOC(=O)C1CCN(C(=O)C2=CCC(Cl)C=C2)CC1. The number of hydrogen-bond acceptors (Lipinski definition) is 3. The topological polar surface area (TPSA) is 46.6 Å². The van der Waals surface area contributed by atoms with Crippen LogP contribution in [0, 0.1) is 5.92 Å². The number of ether oxygens (including phenoxy) is 1. The van der Waals surface area contributed by atoms with Crippen LogP contribution < -0.4 is 0 Å². The second-order valence-corrected chi connectivity index (χ2v) is 5.65. The van der Waals surface area contributed by atoms with E-state index in [1.165, 1.54) is 0 Å². The van der Waals surface area contributed by atoms with E-state index in [0.717, 1.165) is 0 Å². The number of amides is 1. The average Bonchev–Trinajstić information content (AvgIpc) is 2.48. The molecule has 1 saturated heterocycles. The van der Waals surface area contributed by atoms with Crippen molar-refractivity contribution in [1.82, 2.24) is 4.90 Å². The average molecular weight is 298 g/mol. The standard InChI is InChI=1S/C15H20ClNO3/c1-2-20-15(19)12-7-9-17(10-8-12)14(18)11-3-5-13(16)6-4-11/h3-5,12-13H,2,6-10H2,1H3. The van der Waals surface area contributed by atoms with E-state index in [1.807, 2.05) is 19.1 Å². The second-order valence-electron chi connectivity index (χ2n) is 5.09. The summed E-state index contributed by atoms with van der Waals surface area (Å²) in [6.45, 7) is 3.44. The molecule has 0 aromatic carbocycles. The highest BCUT2D eigenvalue weighted by molar-refractivity contribution is 6.22. The fourth-order valence-corrected chi connectivity index (χ4v) is 2.68. The molecule has 1 aliphatic heterocycles. The highest BCUT2D eigenvalue weighted by atomic mass is 35.5. The first kappa shape index (κ1) is 15.1. The summed E-state index contributed by atoms with van der Waals surface area (Å²) in [5.41, 5.74) is 0.705. The van der Waals surface area contributed by atoms with Crippen molar-refractivity contribution < 1.29 is 14.3 Å². The van der Waals surface area contributed by atoms with Crippen molar-refractivity contribution in [3.05, 3.63) is 23.8 Å². The Morgan fingerprint density at radius 1 is 1.40 bits per heavy atom. The van der Waals surface area contributed by atoms with Crippen molar-refractivity contribution >= 4 is 23.5 Å². The van der Waals surface area contributed by atoms with Gasteiger partial charge in [0.15, 0.2) is 0 Å². The molecule has 0 saturated carbocycles. The van der Waals surface area contributed by atoms with Crippen LogP contribution in [0.4, 0.5) is 0 Å². The van der Waals surface area contributed by atoms with Gasteiger partial charge in [0, 0.05) is 18.7 Å². The number of hydrogen-bond donors (Lipinski definition) is 0. The first-order valence-electron chi connectivity index (χ1n) is 7.10. The number of piperidine rings is 1. The van der Waals surface area contributed by atoms with Crippen LogP contribution in [-0.2, 0) is 14.3 Å². The van der Waals surface area contributed by atoms with Gasteiger partial charge in [-0.25, -0.2) is 0 Å². The van der Waals surface area contributed by atoms with Crippen LogP contribution in [0.5, 0.6) is 0 Å². The molecule has 1 fully saturated rings. The summed E-state index contributed by atoms with van der Waals surface area (Å²) in [6.07, 6.45) is 7.58. The number of allylic oxidation sites excluding steroid dienone is 2. The van der Waals surface area contributed by atoms with E-state index in [2.05, 4.69) is 0 Å². The number of likely N-dealkylation sites (tertiary alicyclic amines) is 1. The molecule has 1 aliphatic carbocycles. The zero-order valence-corrected chi connectivity index (χ0v) is 12.4. The summed E-state index contributed by atoms with van der Waals surface area (Å²) in [5.74, 6) is -0.171. The smallest absolute Gasteiger partial charge is 0.309 e. The molecule has 0 aromatic heterocycles. The van der Waals surface area contributed by atoms with E-state index in [-0.39, 0.29) is 23.2 Å². The van der Waals surface area contributed by atoms with Crippen LogP contribution in [0.3, 0.4) is 0 Å². The third-order valence-corrected chi connectivity index (χ3v) is 4.02. The lowest BCUT2D eigenvalue weighted by Gasteiger charge is -2.31. The van der Waals surface area contributed by atoms with Crippen LogP contribution in [0.15, 0.2) is 23.8 Å². The van der Waals surface area contributed by atoms with E-state index in [9.17, 15) is 9.59 Å². The highest BCUT2D eigenvalue weighted by Crippen LogP contribution is 2.22. The van der Waals surface area contributed by atoms with Gasteiger partial charge in [-0.05, 0) is 26.2 Å². The Bertz CT molecular complexity index is 436. The van der Waals surface area contributed by atoms with Gasteiger partial charge in [-0.2, -0.15) is 0 Å². The lowest BCUT2D eigenvalue weighted by molar-refractivity contribution is -0.150. The Morgan fingerprint density at radius 2 is 2.10 bits per heavy atom. The number of carbonyl (C=O) groups excluding carboxylic acids is 2. The van der Waals surface area contributed by atoms with E-state index >= 15 is 0 Å². The van der Waals surface area contributed by atoms with Crippen LogP contribution in [-0.4, -0.2) is 41.8 Å². The van der Waals surface area contributed by atoms with Gasteiger partial charge in [-0.1, -0.05) is 18.2 Å². The molecule has 1 atom stereocenters. The largest absolute Gasteiger partial charge is 0.466 e. The van der Waals surface area contributed by atoms with Gasteiger partial charge >= 0.3 is 5.97 Å². The number of alkyl halides is 1. The lowest BCUT2D eigenvalue weighted by atomic mass is 9.96. The number of rotatable bonds is 3. The van der Waals surface area contributed by atoms with E-state index in [1.54, 1.807) is 11.0 Å². The third kappa shape index (κ3) is 3.63. The minimum atomic E-state index is -0.138. The van der Waals surface area contributed by atoms with Crippen molar-refractivity contribution in [3.63, 3.8) is 0 Å². The molecular formula is C15H20ClNO3. The number of esters is 1. The van der Waals surface area contributed by atoms with E-state index < -0.39 is 0 Å². The first-order chi connectivity index (χ1) is 9.61. The molecule has 110 valence electrons. The summed E-state index contributed by atoms with van der Waals surface area (Å²) in [5, 5.41) is -0.0129. The Balaban J connectivity index is 1.86. The monoisotopic (exact) mass is 297 g/mol. The van der Waals surface area contributed by atoms with Gasteiger partial charge in [0.1, 0.15) is 0 Å². The Labute approximate surface area is 124 Å². The summed E-state index contributed by atoms with van der Waals surface area (Å²) in [7, 11) is 0. The predicted octanol–water partition coefficient (Wildman–Crippen LogP) is 2.28. The molecule has 5 heteroatoms. The molecule has 1 amide bonds. The molecule has 1 heterocycles. The maximum Gasteiger partial charge on any atom is 0.309 e. The molecule has 4 nitrogen and oxygen atoms in total. The van der Waals surface area contributed by atoms with Gasteiger partial charge in [0.2, 0.25) is 0 Å². The summed E-state index contributed by atoms with van der Waals surface area (Å²) in [6, 6.07) is 0. The molecule has 2 rings (SSSR count). The zero-order chi connectivity index (χ0) is 14.5. The number of halogens is 1. The van der Waals surface area contributed by atoms with Gasteiger partial charge in [0.05, 0.1) is 17.9 Å². The molecule has 0 spiro atoms. The quantitative estimate of drug-likeness (QED) is 0.593. The molecule has 0 N–H and O–H groups in total. The number of nitrogens with zero attached hydrogens (tertiary/aromatic N) is 1. The predicted molar refractivity (Wildman–Crippen MR) is 77.4 cm³/mol. The maximum atomic E-state index is 12.3. The van der Waals surface area contributed by atoms with Crippen molar-refractivity contribution in [2.24, 2.45) is 5.92 Å². The normalized spacial score (nSPS) is 23.4. The Hall–Kier alpha value is -1.29. The van der Waals surface area contributed by atoms with Crippen molar-refractivity contribution in [1.29, 1.82) is 0 Å². The highest BCUT2D eigenvalue weighted by Gasteiger charge is 2.29. The van der Waals surface area contributed by atoms with Crippen molar-refractivity contribution in [3.8, 4) is 0 Å². The van der Waals surface area contributed by atoms with Gasteiger partial charge in [-0.3, -0.25) is 9.59 Å². The minimum Gasteiger partial charge on any atom is -0.466 e. The maximum absolute atomic E-state index is 12.3. The van der Waals surface area contributed by atoms with Gasteiger partial charge < -0.3 is 9.64 Å². The summed E-state index contributed by atoms with van der Waals surface area (Å²) >= 11 is 5.95. The fraction of sp³-hybridized carbons (Fsp3) is 0.600. The second kappa shape index (κ2) is 6.93. The van der Waals surface area contributed by atoms with E-state index in [0.29, 0.717) is 44.5 Å². The molecule has 2 aliphatic rings. The molecule has 20 heavy (non-hydrogen) atoms. The summed E-state index contributed by atoms with van der Waals surface area (Å²) in [4.78, 5) is 25.8. The van der Waals surface area contributed by atoms with Crippen LogP contribution in [0.25, 0.3) is 0 Å². The summed E-state index contributed by atoms with van der Waals surface area (Å²) < 4.78 is 5.03. The molecular weight excluding hydrogens is 278 g/mol. The number of carbonyl (C=O) groups is 2. The van der Waals surface area contributed by atoms with Crippen molar-refractivity contribution in [2.45, 2.75) is 31.6 Å². The molecule has 0 aromatic rings. The van der Waals surface area contributed by atoms with Crippen LogP contribution >= 0.6 is 11.6 Å². The Morgan fingerprint density at radius 3 is 2.65 bits per heavy atom. The first-order valence-corrected chi connectivity index (χ1v) is 7.53. The van der Waals surface area contributed by atoms with Crippen molar-refractivity contribution in [2.75, 3.05) is 19.7 Å². The fourth-order valence-electron chi connectivity index (χ4n) is 2.51. The van der Waals surface area contributed by atoms with Crippen LogP contribution in [0.2, 0.25) is 0 Å². The van der Waals surface area contributed by atoms with Gasteiger partial charge in [0.25, 0.3) is 5.91 Å². The van der Waals surface area contributed by atoms with Crippen LogP contribution in [0.1, 0.15) is 26.2 Å². The van der Waals surface area contributed by atoms with E-state index in [4.69, 9.17) is 16.3 Å². The molecule has 1 unspecified atom stereocenters. The minimum absolute atomic E-state index is 0.0129.